The summed E-state index contributed by atoms with van der Waals surface area (Å²) in [5.41, 5.74) is 1.82. The topological polar surface area (TPSA) is 64.8 Å². The summed E-state index contributed by atoms with van der Waals surface area (Å²) in [5.74, 6) is 2.48. The van der Waals surface area contributed by atoms with E-state index in [0.29, 0.717) is 11.5 Å². The number of rotatable bonds is 4. The molecule has 0 radical (unpaired) electrons. The van der Waals surface area contributed by atoms with Gasteiger partial charge in [0.1, 0.15) is 17.7 Å². The molecule has 1 fully saturated rings. The molecule has 5 heteroatoms. The fourth-order valence-electron chi connectivity index (χ4n) is 2.73. The summed E-state index contributed by atoms with van der Waals surface area (Å²) in [7, 11) is 0. The number of aryl methyl sites for hydroxylation is 1. The van der Waals surface area contributed by atoms with Gasteiger partial charge in [-0.2, -0.15) is 5.26 Å². The van der Waals surface area contributed by atoms with Crippen molar-refractivity contribution in [1.82, 2.24) is 9.97 Å². The van der Waals surface area contributed by atoms with Gasteiger partial charge in [-0.15, -0.1) is 0 Å². The summed E-state index contributed by atoms with van der Waals surface area (Å²) >= 11 is 0. The molecule has 1 saturated heterocycles. The molecule has 2 aromatic heterocycles. The fourth-order valence-corrected chi connectivity index (χ4v) is 2.73. The maximum Gasteiger partial charge on any atom is 0.128 e. The fraction of sp³-hybridized carbons (Fsp3) is 0.353. The van der Waals surface area contributed by atoms with E-state index in [-0.39, 0.29) is 0 Å². The first-order valence-electron chi connectivity index (χ1n) is 7.52. The quantitative estimate of drug-likeness (QED) is 0.938. The Morgan fingerprint density at radius 2 is 2.27 bits per heavy atom. The Labute approximate surface area is 130 Å². The molecule has 5 nitrogen and oxygen atoms in total. The minimum absolute atomic E-state index is 0.583. The van der Waals surface area contributed by atoms with Crippen LogP contribution in [0.25, 0.3) is 0 Å². The normalized spacial score (nSPS) is 17.3. The van der Waals surface area contributed by atoms with Crippen molar-refractivity contribution in [3.05, 3.63) is 47.8 Å². The van der Waals surface area contributed by atoms with Crippen LogP contribution in [0.3, 0.4) is 0 Å². The van der Waals surface area contributed by atoms with E-state index in [1.54, 1.807) is 6.20 Å². The molecule has 3 heterocycles. The van der Waals surface area contributed by atoms with E-state index in [2.05, 4.69) is 39.2 Å². The van der Waals surface area contributed by atoms with Gasteiger partial charge in [0.25, 0.3) is 0 Å². The first-order valence-corrected chi connectivity index (χ1v) is 7.52. The van der Waals surface area contributed by atoms with Gasteiger partial charge >= 0.3 is 0 Å². The molecular formula is C17H19N5. The van der Waals surface area contributed by atoms with Gasteiger partial charge in [-0.1, -0.05) is 0 Å². The van der Waals surface area contributed by atoms with Crippen molar-refractivity contribution < 1.29 is 0 Å². The van der Waals surface area contributed by atoms with Gasteiger partial charge in [-0.3, -0.25) is 0 Å². The van der Waals surface area contributed by atoms with Crippen LogP contribution < -0.4 is 10.2 Å². The van der Waals surface area contributed by atoms with Crippen LogP contribution in [-0.2, 0) is 0 Å². The second kappa shape index (κ2) is 6.44. The Bertz CT molecular complexity index is 674. The summed E-state index contributed by atoms with van der Waals surface area (Å²) in [4.78, 5) is 11.0. The summed E-state index contributed by atoms with van der Waals surface area (Å²) < 4.78 is 0. The monoisotopic (exact) mass is 293 g/mol. The second-order valence-electron chi connectivity index (χ2n) is 5.72. The molecule has 0 saturated carbocycles. The SMILES string of the molecule is Cc1ccnc(NC[C@@H]2CCN(c3ccc(C#N)cn3)C2)c1. The molecular weight excluding hydrogens is 274 g/mol. The smallest absolute Gasteiger partial charge is 0.128 e. The van der Waals surface area contributed by atoms with Gasteiger partial charge in [-0.25, -0.2) is 9.97 Å². The number of nitriles is 1. The third-order valence-electron chi connectivity index (χ3n) is 3.97. The lowest BCUT2D eigenvalue weighted by Gasteiger charge is -2.17. The van der Waals surface area contributed by atoms with E-state index in [0.717, 1.165) is 37.7 Å². The van der Waals surface area contributed by atoms with Crippen molar-refractivity contribution in [3.8, 4) is 6.07 Å². The number of nitrogens with zero attached hydrogens (tertiary/aromatic N) is 4. The molecule has 3 rings (SSSR count). The van der Waals surface area contributed by atoms with Crippen LogP contribution in [0, 0.1) is 24.2 Å². The number of hydrogen-bond acceptors (Lipinski definition) is 5. The highest BCUT2D eigenvalue weighted by Crippen LogP contribution is 2.22. The predicted octanol–water partition coefficient (Wildman–Crippen LogP) is 2.60. The van der Waals surface area contributed by atoms with Crippen LogP contribution in [0.5, 0.6) is 0 Å². The number of pyridine rings is 2. The van der Waals surface area contributed by atoms with Crippen LogP contribution in [0.15, 0.2) is 36.7 Å². The summed E-state index contributed by atoms with van der Waals surface area (Å²) in [6, 6.07) is 9.91. The molecule has 1 aliphatic heterocycles. The largest absolute Gasteiger partial charge is 0.370 e. The number of anilines is 2. The minimum atomic E-state index is 0.583. The minimum Gasteiger partial charge on any atom is -0.370 e. The lowest BCUT2D eigenvalue weighted by Crippen LogP contribution is -2.23. The van der Waals surface area contributed by atoms with Gasteiger partial charge in [0.2, 0.25) is 0 Å². The second-order valence-corrected chi connectivity index (χ2v) is 5.72. The van der Waals surface area contributed by atoms with E-state index in [1.807, 2.05) is 24.4 Å². The molecule has 0 unspecified atom stereocenters. The van der Waals surface area contributed by atoms with Gasteiger partial charge in [0.15, 0.2) is 0 Å². The standard InChI is InChI=1S/C17H19N5/c1-13-4-6-19-16(8-13)20-11-15-5-7-22(12-15)17-3-2-14(9-18)10-21-17/h2-4,6,8,10,15H,5,7,11-12H2,1H3,(H,19,20)/t15-/m0/s1. The van der Waals surface area contributed by atoms with Crippen LogP contribution in [0.2, 0.25) is 0 Å². The summed E-state index contributed by atoms with van der Waals surface area (Å²) in [6.07, 6.45) is 4.61. The van der Waals surface area contributed by atoms with Gasteiger partial charge in [0, 0.05) is 32.0 Å². The highest BCUT2D eigenvalue weighted by molar-refractivity contribution is 5.43. The van der Waals surface area contributed by atoms with E-state index >= 15 is 0 Å². The molecule has 0 bridgehead atoms. The number of aromatic nitrogens is 2. The van der Waals surface area contributed by atoms with Crippen LogP contribution in [0.1, 0.15) is 17.5 Å². The van der Waals surface area contributed by atoms with E-state index < -0.39 is 0 Å². The van der Waals surface area contributed by atoms with E-state index in [1.165, 1.54) is 5.56 Å². The molecule has 0 spiro atoms. The van der Waals surface area contributed by atoms with Crippen molar-refractivity contribution in [1.29, 1.82) is 5.26 Å². The van der Waals surface area contributed by atoms with Crippen molar-refractivity contribution in [2.24, 2.45) is 5.92 Å². The van der Waals surface area contributed by atoms with Crippen molar-refractivity contribution in [3.63, 3.8) is 0 Å². The van der Waals surface area contributed by atoms with E-state index in [4.69, 9.17) is 5.26 Å². The molecule has 1 aliphatic rings. The lowest BCUT2D eigenvalue weighted by molar-refractivity contribution is 0.621. The number of nitrogens with one attached hydrogen (secondary N) is 1. The molecule has 0 aromatic carbocycles. The van der Waals surface area contributed by atoms with Crippen LogP contribution in [0.4, 0.5) is 11.6 Å². The Morgan fingerprint density at radius 1 is 1.36 bits per heavy atom. The molecule has 0 aliphatic carbocycles. The maximum atomic E-state index is 8.82. The molecule has 112 valence electrons. The Hall–Kier alpha value is -2.61. The predicted molar refractivity (Wildman–Crippen MR) is 86.7 cm³/mol. The van der Waals surface area contributed by atoms with Crippen molar-refractivity contribution in [2.45, 2.75) is 13.3 Å². The first kappa shape index (κ1) is 14.3. The van der Waals surface area contributed by atoms with Crippen LogP contribution >= 0.6 is 0 Å². The molecule has 1 atom stereocenters. The number of hydrogen-bond donors (Lipinski definition) is 1. The van der Waals surface area contributed by atoms with Gasteiger partial charge < -0.3 is 10.2 Å². The highest BCUT2D eigenvalue weighted by atomic mass is 15.2. The third kappa shape index (κ3) is 3.34. The zero-order valence-electron chi connectivity index (χ0n) is 12.7. The molecule has 0 amide bonds. The lowest BCUT2D eigenvalue weighted by atomic mass is 10.1. The average Bonchev–Trinajstić information content (AvgIpc) is 3.02. The molecule has 22 heavy (non-hydrogen) atoms. The zero-order valence-corrected chi connectivity index (χ0v) is 12.7. The Balaban J connectivity index is 1.54. The summed E-state index contributed by atoms with van der Waals surface area (Å²) in [6.45, 7) is 4.98. The average molecular weight is 293 g/mol. The van der Waals surface area contributed by atoms with Crippen LogP contribution in [-0.4, -0.2) is 29.6 Å². The van der Waals surface area contributed by atoms with Crippen molar-refractivity contribution >= 4 is 11.6 Å². The van der Waals surface area contributed by atoms with Gasteiger partial charge in [0.05, 0.1) is 5.56 Å². The van der Waals surface area contributed by atoms with Crippen molar-refractivity contribution in [2.75, 3.05) is 29.9 Å². The first-order chi connectivity index (χ1) is 10.7. The maximum absolute atomic E-state index is 8.82. The molecule has 1 N–H and O–H groups in total. The third-order valence-corrected chi connectivity index (χ3v) is 3.97. The Morgan fingerprint density at radius 3 is 3.00 bits per heavy atom. The Kier molecular flexibility index (Phi) is 4.19. The summed E-state index contributed by atoms with van der Waals surface area (Å²) in [5, 5.41) is 12.2. The molecule has 2 aromatic rings. The zero-order chi connectivity index (χ0) is 15.4. The van der Waals surface area contributed by atoms with E-state index in [9.17, 15) is 0 Å². The highest BCUT2D eigenvalue weighted by Gasteiger charge is 2.23. The van der Waals surface area contributed by atoms with Gasteiger partial charge in [-0.05, 0) is 49.1 Å².